The Morgan fingerprint density at radius 3 is 2.93 bits per heavy atom. The van der Waals surface area contributed by atoms with Crippen LogP contribution < -0.4 is 5.73 Å². The van der Waals surface area contributed by atoms with E-state index in [0.717, 1.165) is 18.7 Å². The zero-order valence-electron chi connectivity index (χ0n) is 9.19. The highest BCUT2D eigenvalue weighted by Gasteiger charge is 2.40. The van der Waals surface area contributed by atoms with E-state index in [0.29, 0.717) is 11.0 Å². The number of hydrogen-bond acceptors (Lipinski definition) is 5. The van der Waals surface area contributed by atoms with Gasteiger partial charge in [0, 0.05) is 18.6 Å². The molecule has 1 aromatic heterocycles. The number of methoxy groups -OCH3 is 1. The molecule has 84 valence electrons. The van der Waals surface area contributed by atoms with Crippen LogP contribution in [0.1, 0.15) is 38.4 Å². The van der Waals surface area contributed by atoms with E-state index in [-0.39, 0.29) is 5.60 Å². The van der Waals surface area contributed by atoms with Crippen LogP contribution in [0, 0.1) is 5.92 Å². The molecule has 0 spiro atoms. The van der Waals surface area contributed by atoms with E-state index in [4.69, 9.17) is 10.5 Å². The number of aromatic nitrogens is 2. The summed E-state index contributed by atoms with van der Waals surface area (Å²) in [5.41, 5.74) is 5.34. The van der Waals surface area contributed by atoms with Crippen LogP contribution in [0.25, 0.3) is 0 Å². The Balaban J connectivity index is 2.27. The highest BCUT2D eigenvalue weighted by atomic mass is 32.1. The van der Waals surface area contributed by atoms with Crippen molar-refractivity contribution in [1.82, 2.24) is 9.36 Å². The summed E-state index contributed by atoms with van der Waals surface area (Å²) < 4.78 is 9.97. The van der Waals surface area contributed by atoms with Crippen molar-refractivity contribution in [3.63, 3.8) is 0 Å². The van der Waals surface area contributed by atoms with E-state index in [1.54, 1.807) is 7.11 Å². The van der Waals surface area contributed by atoms with Gasteiger partial charge in [0.2, 0.25) is 0 Å². The number of ether oxygens (including phenoxy) is 1. The maximum absolute atomic E-state index is 5.67. The van der Waals surface area contributed by atoms with Gasteiger partial charge in [-0.15, -0.1) is 0 Å². The lowest BCUT2D eigenvalue weighted by molar-refractivity contribution is -0.0637. The lowest BCUT2D eigenvalue weighted by atomic mass is 9.78. The molecule has 2 N–H and O–H groups in total. The molecule has 4 nitrogen and oxygen atoms in total. The maximum atomic E-state index is 5.67. The van der Waals surface area contributed by atoms with Gasteiger partial charge in [0.05, 0.1) is 0 Å². The van der Waals surface area contributed by atoms with Crippen LogP contribution in [0.3, 0.4) is 0 Å². The normalized spacial score (nSPS) is 31.7. The first-order valence-electron chi connectivity index (χ1n) is 5.31. The highest BCUT2D eigenvalue weighted by molar-refractivity contribution is 7.09. The Morgan fingerprint density at radius 2 is 2.40 bits per heavy atom. The third-order valence-electron chi connectivity index (χ3n) is 3.20. The third-order valence-corrected chi connectivity index (χ3v) is 3.74. The number of nitrogens with zero attached hydrogens (tertiary/aromatic N) is 2. The van der Waals surface area contributed by atoms with Gasteiger partial charge in [-0.2, -0.15) is 4.37 Å². The zero-order valence-corrected chi connectivity index (χ0v) is 10.0. The molecule has 0 aliphatic heterocycles. The number of nitrogen functional groups attached to an aromatic ring is 1. The monoisotopic (exact) mass is 227 g/mol. The predicted octanol–water partition coefficient (Wildman–Crippen LogP) is 2.17. The van der Waals surface area contributed by atoms with Crippen molar-refractivity contribution in [2.24, 2.45) is 5.92 Å². The van der Waals surface area contributed by atoms with Gasteiger partial charge in [-0.1, -0.05) is 13.3 Å². The van der Waals surface area contributed by atoms with E-state index >= 15 is 0 Å². The lowest BCUT2D eigenvalue weighted by Crippen LogP contribution is -2.35. The quantitative estimate of drug-likeness (QED) is 0.841. The van der Waals surface area contributed by atoms with E-state index < -0.39 is 0 Å². The van der Waals surface area contributed by atoms with Gasteiger partial charge in [0.1, 0.15) is 5.60 Å². The minimum absolute atomic E-state index is 0.286. The fourth-order valence-electron chi connectivity index (χ4n) is 2.40. The largest absolute Gasteiger partial charge is 0.374 e. The fraction of sp³-hybridized carbons (Fsp3) is 0.800. The Hall–Kier alpha value is -0.680. The minimum atomic E-state index is -0.286. The Bertz CT molecular complexity index is 341. The van der Waals surface area contributed by atoms with Crippen molar-refractivity contribution in [2.75, 3.05) is 12.8 Å². The second-order valence-corrected chi connectivity index (χ2v) is 5.14. The van der Waals surface area contributed by atoms with Gasteiger partial charge in [-0.25, -0.2) is 4.98 Å². The van der Waals surface area contributed by atoms with Crippen molar-refractivity contribution in [1.29, 1.82) is 0 Å². The van der Waals surface area contributed by atoms with E-state index in [9.17, 15) is 0 Å². The molecule has 0 radical (unpaired) electrons. The van der Waals surface area contributed by atoms with Crippen LogP contribution in [0.15, 0.2) is 0 Å². The maximum Gasteiger partial charge on any atom is 0.200 e. The van der Waals surface area contributed by atoms with Crippen molar-refractivity contribution in [3.05, 3.63) is 5.82 Å². The van der Waals surface area contributed by atoms with Gasteiger partial charge in [-0.3, -0.25) is 0 Å². The van der Waals surface area contributed by atoms with Gasteiger partial charge < -0.3 is 10.5 Å². The molecule has 1 fully saturated rings. The SMILES string of the molecule is COC1(c2nsc(N)n2)CCCC(C)C1. The minimum Gasteiger partial charge on any atom is -0.374 e. The molecule has 0 bridgehead atoms. The Morgan fingerprint density at radius 1 is 1.60 bits per heavy atom. The smallest absolute Gasteiger partial charge is 0.200 e. The fourth-order valence-corrected chi connectivity index (χ4v) is 2.92. The average Bonchev–Trinajstić information content (AvgIpc) is 2.65. The van der Waals surface area contributed by atoms with Gasteiger partial charge in [-0.05, 0) is 25.2 Å². The summed E-state index contributed by atoms with van der Waals surface area (Å²) in [4.78, 5) is 4.27. The van der Waals surface area contributed by atoms with Crippen molar-refractivity contribution in [3.8, 4) is 0 Å². The standard InChI is InChI=1S/C10H17N3OS/c1-7-4-3-5-10(6-7,14-2)8-12-9(11)15-13-8/h7H,3-6H2,1-2H3,(H2,11,12,13). The van der Waals surface area contributed by atoms with E-state index in [1.165, 1.54) is 24.4 Å². The second kappa shape index (κ2) is 4.06. The summed E-state index contributed by atoms with van der Waals surface area (Å²) in [6.07, 6.45) is 4.45. The van der Waals surface area contributed by atoms with Crippen LogP contribution in [-0.4, -0.2) is 16.5 Å². The zero-order chi connectivity index (χ0) is 10.9. The predicted molar refractivity (Wildman–Crippen MR) is 60.6 cm³/mol. The molecule has 1 heterocycles. The van der Waals surface area contributed by atoms with Crippen LogP contribution in [0.2, 0.25) is 0 Å². The van der Waals surface area contributed by atoms with Crippen LogP contribution in [-0.2, 0) is 10.3 Å². The average molecular weight is 227 g/mol. The molecule has 15 heavy (non-hydrogen) atoms. The highest BCUT2D eigenvalue weighted by Crippen LogP contribution is 2.41. The molecule has 2 rings (SSSR count). The molecule has 1 aliphatic carbocycles. The van der Waals surface area contributed by atoms with Gasteiger partial charge in [0.25, 0.3) is 0 Å². The summed E-state index contributed by atoms with van der Waals surface area (Å²) in [5, 5.41) is 0.527. The molecule has 0 aromatic carbocycles. The summed E-state index contributed by atoms with van der Waals surface area (Å²) in [6.45, 7) is 2.25. The van der Waals surface area contributed by atoms with Crippen molar-refractivity contribution >= 4 is 16.7 Å². The first kappa shape index (κ1) is 10.8. The molecule has 5 heteroatoms. The summed E-state index contributed by atoms with van der Waals surface area (Å²) in [7, 11) is 1.75. The number of rotatable bonds is 2. The molecule has 1 aromatic rings. The Labute approximate surface area is 94.0 Å². The molecular formula is C10H17N3OS. The number of anilines is 1. The summed E-state index contributed by atoms with van der Waals surface area (Å²) in [6, 6.07) is 0. The van der Waals surface area contributed by atoms with E-state index in [2.05, 4.69) is 16.3 Å². The molecule has 1 aliphatic rings. The van der Waals surface area contributed by atoms with Crippen LogP contribution in [0.4, 0.5) is 5.13 Å². The first-order valence-corrected chi connectivity index (χ1v) is 6.08. The summed E-state index contributed by atoms with van der Waals surface area (Å²) in [5.74, 6) is 1.45. The third kappa shape index (κ3) is 1.99. The second-order valence-electron chi connectivity index (χ2n) is 4.36. The number of hydrogen-bond donors (Lipinski definition) is 1. The molecule has 0 amide bonds. The molecule has 1 saturated carbocycles. The van der Waals surface area contributed by atoms with Gasteiger partial charge >= 0.3 is 0 Å². The summed E-state index contributed by atoms with van der Waals surface area (Å²) >= 11 is 1.25. The van der Waals surface area contributed by atoms with E-state index in [1.807, 2.05) is 0 Å². The van der Waals surface area contributed by atoms with Crippen molar-refractivity contribution < 1.29 is 4.74 Å². The van der Waals surface area contributed by atoms with Crippen LogP contribution in [0.5, 0.6) is 0 Å². The molecule has 2 unspecified atom stereocenters. The Kier molecular flexibility index (Phi) is 2.93. The topological polar surface area (TPSA) is 61.0 Å². The van der Waals surface area contributed by atoms with Crippen LogP contribution >= 0.6 is 11.5 Å². The number of nitrogens with two attached hydrogens (primary N) is 1. The first-order chi connectivity index (χ1) is 7.16. The molecule has 0 saturated heterocycles. The molecular weight excluding hydrogens is 210 g/mol. The van der Waals surface area contributed by atoms with Crippen molar-refractivity contribution in [2.45, 2.75) is 38.2 Å². The molecule has 2 atom stereocenters. The van der Waals surface area contributed by atoms with Gasteiger partial charge in [0.15, 0.2) is 11.0 Å². The lowest BCUT2D eigenvalue weighted by Gasteiger charge is -2.36.